The zero-order valence-electron chi connectivity index (χ0n) is 11.5. The first-order valence-electron chi connectivity index (χ1n) is 5.95. The molecule has 2 rings (SSSR count). The van der Waals surface area contributed by atoms with Gasteiger partial charge in [0.25, 0.3) is 0 Å². The highest BCUT2D eigenvalue weighted by molar-refractivity contribution is 7.87. The molecular weight excluding hydrogens is 385 g/mol. The Labute approximate surface area is 148 Å². The smallest absolute Gasteiger partial charge is 0.342 e. The van der Waals surface area contributed by atoms with Crippen LogP contribution in [0.5, 0.6) is 11.5 Å². The second kappa shape index (κ2) is 6.85. The summed E-state index contributed by atoms with van der Waals surface area (Å²) >= 11 is 17.6. The summed E-state index contributed by atoms with van der Waals surface area (Å²) in [4.78, 5) is -0.406. The molecule has 0 atom stereocenters. The Morgan fingerprint density at radius 2 is 1.65 bits per heavy atom. The van der Waals surface area contributed by atoms with Crippen molar-refractivity contribution in [1.29, 1.82) is 5.26 Å². The van der Waals surface area contributed by atoms with Gasteiger partial charge in [0.1, 0.15) is 4.90 Å². The molecule has 0 saturated heterocycles. The van der Waals surface area contributed by atoms with Crippen LogP contribution in [0.1, 0.15) is 5.56 Å². The molecule has 0 bridgehead atoms. The van der Waals surface area contributed by atoms with E-state index in [1.54, 1.807) is 0 Å². The molecular formula is C14H8Cl3NO4S. The predicted molar refractivity (Wildman–Crippen MR) is 87.0 cm³/mol. The zero-order chi connectivity index (χ0) is 17.2. The number of ether oxygens (including phenoxy) is 1. The first kappa shape index (κ1) is 17.7. The van der Waals surface area contributed by atoms with Crippen LogP contribution in [0.3, 0.4) is 0 Å². The molecule has 0 aliphatic carbocycles. The first-order valence-corrected chi connectivity index (χ1v) is 8.50. The minimum absolute atomic E-state index is 0.0776. The van der Waals surface area contributed by atoms with Crippen LogP contribution in [0.2, 0.25) is 15.1 Å². The van der Waals surface area contributed by atoms with Gasteiger partial charge in [0.15, 0.2) is 11.5 Å². The lowest BCUT2D eigenvalue weighted by Crippen LogP contribution is -2.12. The van der Waals surface area contributed by atoms with Crippen molar-refractivity contribution in [1.82, 2.24) is 0 Å². The number of nitriles is 1. The van der Waals surface area contributed by atoms with Gasteiger partial charge in [-0.1, -0.05) is 34.8 Å². The number of hydrogen-bond donors (Lipinski definition) is 0. The molecule has 2 aromatic carbocycles. The number of rotatable bonds is 4. The van der Waals surface area contributed by atoms with Crippen LogP contribution >= 0.6 is 34.8 Å². The molecule has 0 unspecified atom stereocenters. The van der Waals surface area contributed by atoms with Gasteiger partial charge in [0.2, 0.25) is 0 Å². The number of methoxy groups -OCH3 is 1. The quantitative estimate of drug-likeness (QED) is 0.725. The van der Waals surface area contributed by atoms with Gasteiger partial charge in [0.05, 0.1) is 28.8 Å². The molecule has 0 amide bonds. The normalized spacial score (nSPS) is 10.9. The summed E-state index contributed by atoms with van der Waals surface area (Å²) in [5, 5.41) is 8.69. The Balaban J connectivity index is 2.50. The van der Waals surface area contributed by atoms with Crippen LogP contribution in [0.15, 0.2) is 35.2 Å². The third-order valence-electron chi connectivity index (χ3n) is 2.71. The number of nitrogens with zero attached hydrogens (tertiary/aromatic N) is 1. The molecule has 0 radical (unpaired) electrons. The van der Waals surface area contributed by atoms with Gasteiger partial charge in [-0.2, -0.15) is 13.7 Å². The van der Waals surface area contributed by atoms with Gasteiger partial charge in [-0.3, -0.25) is 0 Å². The van der Waals surface area contributed by atoms with Crippen molar-refractivity contribution in [2.24, 2.45) is 0 Å². The van der Waals surface area contributed by atoms with E-state index in [0.29, 0.717) is 0 Å². The SMILES string of the molecule is COc1cc(C#N)ccc1OS(=O)(=O)c1c(Cl)cc(Cl)cc1Cl. The second-order valence-corrected chi connectivity index (χ2v) is 6.95. The Morgan fingerprint density at radius 3 is 2.17 bits per heavy atom. The van der Waals surface area contributed by atoms with Gasteiger partial charge in [0, 0.05) is 11.1 Å². The van der Waals surface area contributed by atoms with Crippen LogP contribution in [-0.4, -0.2) is 15.5 Å². The molecule has 2 aromatic rings. The standard InChI is InChI=1S/C14H8Cl3NO4S/c1-21-13-4-8(7-18)2-3-12(13)22-23(19,20)14-10(16)5-9(15)6-11(14)17/h2-6H,1H3. The van der Waals surface area contributed by atoms with Gasteiger partial charge in [-0.05, 0) is 24.3 Å². The molecule has 0 aliphatic heterocycles. The van der Waals surface area contributed by atoms with Crippen molar-refractivity contribution in [3.8, 4) is 17.6 Å². The summed E-state index contributed by atoms with van der Waals surface area (Å²) in [7, 11) is -3.01. The maximum Gasteiger partial charge on any atom is 0.342 e. The molecule has 0 heterocycles. The fourth-order valence-electron chi connectivity index (χ4n) is 1.73. The van der Waals surface area contributed by atoms with Crippen LogP contribution in [0.4, 0.5) is 0 Å². The maximum atomic E-state index is 12.4. The average molecular weight is 393 g/mol. The van der Waals surface area contributed by atoms with E-state index in [4.69, 9.17) is 49.0 Å². The van der Waals surface area contributed by atoms with Crippen molar-refractivity contribution in [2.75, 3.05) is 7.11 Å². The minimum Gasteiger partial charge on any atom is -0.493 e. The first-order chi connectivity index (χ1) is 10.8. The monoisotopic (exact) mass is 391 g/mol. The van der Waals surface area contributed by atoms with Crippen molar-refractivity contribution >= 4 is 44.9 Å². The number of halogens is 3. The topological polar surface area (TPSA) is 76.4 Å². The van der Waals surface area contributed by atoms with Gasteiger partial charge in [-0.15, -0.1) is 0 Å². The van der Waals surface area contributed by atoms with Crippen LogP contribution in [0.25, 0.3) is 0 Å². The average Bonchev–Trinajstić information content (AvgIpc) is 2.45. The van der Waals surface area contributed by atoms with Crippen LogP contribution in [0, 0.1) is 11.3 Å². The van der Waals surface area contributed by atoms with E-state index in [2.05, 4.69) is 0 Å². The predicted octanol–water partition coefficient (Wildman–Crippen LogP) is 4.29. The van der Waals surface area contributed by atoms with Gasteiger partial charge >= 0.3 is 10.1 Å². The van der Waals surface area contributed by atoms with E-state index in [0.717, 1.165) is 0 Å². The number of hydrogen-bond acceptors (Lipinski definition) is 5. The molecule has 9 heteroatoms. The van der Waals surface area contributed by atoms with Gasteiger partial charge < -0.3 is 8.92 Å². The maximum absolute atomic E-state index is 12.4. The van der Waals surface area contributed by atoms with Crippen molar-refractivity contribution in [3.05, 3.63) is 51.0 Å². The minimum atomic E-state index is -4.33. The Kier molecular flexibility index (Phi) is 5.27. The Bertz CT molecular complexity index is 884. The molecule has 0 fully saturated rings. The summed E-state index contributed by atoms with van der Waals surface area (Å²) < 4.78 is 34.9. The third kappa shape index (κ3) is 3.82. The van der Waals surface area contributed by atoms with E-state index in [1.165, 1.54) is 37.4 Å². The fraction of sp³-hybridized carbons (Fsp3) is 0.0714. The van der Waals surface area contributed by atoms with Crippen LogP contribution < -0.4 is 8.92 Å². The molecule has 0 spiro atoms. The van der Waals surface area contributed by atoms with E-state index in [-0.39, 0.29) is 32.1 Å². The molecule has 0 aliphatic rings. The fourth-order valence-corrected chi connectivity index (χ4v) is 4.17. The molecule has 0 saturated carbocycles. The summed E-state index contributed by atoms with van der Waals surface area (Å²) in [5.74, 6) is -0.0255. The zero-order valence-corrected chi connectivity index (χ0v) is 14.6. The van der Waals surface area contributed by atoms with E-state index >= 15 is 0 Å². The summed E-state index contributed by atoms with van der Waals surface area (Å²) in [6.45, 7) is 0. The lowest BCUT2D eigenvalue weighted by molar-refractivity contribution is 0.390. The second-order valence-electron chi connectivity index (χ2n) is 4.21. The molecule has 0 aromatic heterocycles. The highest BCUT2D eigenvalue weighted by Crippen LogP contribution is 2.36. The summed E-state index contributed by atoms with van der Waals surface area (Å²) in [6.07, 6.45) is 0. The lowest BCUT2D eigenvalue weighted by Gasteiger charge is -2.13. The largest absolute Gasteiger partial charge is 0.493 e. The molecule has 23 heavy (non-hydrogen) atoms. The van der Waals surface area contributed by atoms with Gasteiger partial charge in [-0.25, -0.2) is 0 Å². The molecule has 0 N–H and O–H groups in total. The third-order valence-corrected chi connectivity index (χ3v) is 5.08. The van der Waals surface area contributed by atoms with Crippen LogP contribution in [-0.2, 0) is 10.1 Å². The van der Waals surface area contributed by atoms with E-state index in [1.807, 2.05) is 6.07 Å². The van der Waals surface area contributed by atoms with Crippen molar-refractivity contribution in [2.45, 2.75) is 4.90 Å². The van der Waals surface area contributed by atoms with E-state index < -0.39 is 15.0 Å². The highest BCUT2D eigenvalue weighted by atomic mass is 35.5. The molecule has 5 nitrogen and oxygen atoms in total. The van der Waals surface area contributed by atoms with E-state index in [9.17, 15) is 8.42 Å². The number of benzene rings is 2. The Morgan fingerprint density at radius 1 is 1.04 bits per heavy atom. The summed E-state index contributed by atoms with van der Waals surface area (Å²) in [5.41, 5.74) is 0.286. The molecule has 120 valence electrons. The van der Waals surface area contributed by atoms with Crippen molar-refractivity contribution in [3.63, 3.8) is 0 Å². The highest BCUT2D eigenvalue weighted by Gasteiger charge is 2.26. The van der Waals surface area contributed by atoms with Crippen molar-refractivity contribution < 1.29 is 17.3 Å². The lowest BCUT2D eigenvalue weighted by atomic mass is 10.2. The Hall–Kier alpha value is -1.65. The summed E-state index contributed by atoms with van der Waals surface area (Å²) in [6, 6.07) is 8.41.